The molecule has 1 heterocycles. The molecule has 0 aliphatic carbocycles. The van der Waals surface area contributed by atoms with E-state index < -0.39 is 23.8 Å². The topological polar surface area (TPSA) is 109 Å². The van der Waals surface area contributed by atoms with Crippen LogP contribution in [-0.4, -0.2) is 28.9 Å². The summed E-state index contributed by atoms with van der Waals surface area (Å²) in [4.78, 5) is 36.2. The molecule has 0 spiro atoms. The second kappa shape index (κ2) is 9.05. The van der Waals surface area contributed by atoms with Crippen LogP contribution in [0.15, 0.2) is 52.8 Å². The van der Waals surface area contributed by atoms with Crippen LogP contribution in [0.25, 0.3) is 6.08 Å². The molecule has 142 valence electrons. The number of furan rings is 1. The zero-order valence-electron chi connectivity index (χ0n) is 14.7. The predicted octanol–water partition coefficient (Wildman–Crippen LogP) is 2.93. The van der Waals surface area contributed by atoms with Crippen LogP contribution < -0.4 is 10.6 Å². The van der Waals surface area contributed by atoms with Crippen LogP contribution in [0, 0.1) is 5.92 Å². The summed E-state index contributed by atoms with van der Waals surface area (Å²) in [6, 6.07) is 8.46. The standard InChI is InChI=1S/C19H19ClN2O5/c1-11(2)16(19(25)26)22-17(23)14(10-12-5-7-13(20)8-6-12)21-18(24)15-4-3-9-27-15/h3-11,16H,1-2H3,(H,21,24)(H,22,23)(H,25,26)/b14-10+/t16-/m0/s1. The van der Waals surface area contributed by atoms with Gasteiger partial charge in [-0.25, -0.2) is 4.79 Å². The first-order valence-electron chi connectivity index (χ1n) is 8.13. The van der Waals surface area contributed by atoms with E-state index in [0.29, 0.717) is 10.6 Å². The lowest BCUT2D eigenvalue weighted by molar-refractivity contribution is -0.142. The Morgan fingerprint density at radius 2 is 1.81 bits per heavy atom. The lowest BCUT2D eigenvalue weighted by Gasteiger charge is -2.19. The molecule has 1 aromatic carbocycles. The maximum absolute atomic E-state index is 12.6. The molecule has 8 heteroatoms. The Morgan fingerprint density at radius 3 is 2.33 bits per heavy atom. The number of carboxylic acids is 1. The summed E-state index contributed by atoms with van der Waals surface area (Å²) < 4.78 is 5.02. The Kier molecular flexibility index (Phi) is 6.79. The van der Waals surface area contributed by atoms with Crippen molar-refractivity contribution in [1.29, 1.82) is 0 Å². The number of hydrogen-bond donors (Lipinski definition) is 3. The molecule has 2 amide bonds. The van der Waals surface area contributed by atoms with Gasteiger partial charge in [-0.05, 0) is 41.8 Å². The molecule has 0 fully saturated rings. The third-order valence-electron chi connectivity index (χ3n) is 3.64. The Labute approximate surface area is 161 Å². The van der Waals surface area contributed by atoms with Gasteiger partial charge in [-0.3, -0.25) is 9.59 Å². The van der Waals surface area contributed by atoms with Gasteiger partial charge in [0.05, 0.1) is 6.26 Å². The second-order valence-corrected chi connectivity index (χ2v) is 6.51. The summed E-state index contributed by atoms with van der Waals surface area (Å²) in [6.07, 6.45) is 2.75. The monoisotopic (exact) mass is 390 g/mol. The van der Waals surface area contributed by atoms with Crippen molar-refractivity contribution in [2.24, 2.45) is 5.92 Å². The van der Waals surface area contributed by atoms with Gasteiger partial charge < -0.3 is 20.2 Å². The number of carbonyl (C=O) groups is 3. The summed E-state index contributed by atoms with van der Waals surface area (Å²) in [5, 5.41) is 14.7. The third kappa shape index (κ3) is 5.72. The van der Waals surface area contributed by atoms with Gasteiger partial charge in [-0.2, -0.15) is 0 Å². The third-order valence-corrected chi connectivity index (χ3v) is 3.89. The Morgan fingerprint density at radius 1 is 1.15 bits per heavy atom. The van der Waals surface area contributed by atoms with Crippen LogP contribution >= 0.6 is 11.6 Å². The van der Waals surface area contributed by atoms with E-state index in [1.165, 1.54) is 24.5 Å². The number of carboxylic acid groups (broad SMARTS) is 1. The van der Waals surface area contributed by atoms with Gasteiger partial charge in [0.15, 0.2) is 5.76 Å². The first-order chi connectivity index (χ1) is 12.8. The number of aliphatic carboxylic acids is 1. The number of nitrogens with one attached hydrogen (secondary N) is 2. The summed E-state index contributed by atoms with van der Waals surface area (Å²) in [6.45, 7) is 3.34. The fourth-order valence-electron chi connectivity index (χ4n) is 2.21. The quantitative estimate of drug-likeness (QED) is 0.630. The average molecular weight is 391 g/mol. The predicted molar refractivity (Wildman–Crippen MR) is 100 cm³/mol. The highest BCUT2D eigenvalue weighted by molar-refractivity contribution is 6.30. The number of benzene rings is 1. The average Bonchev–Trinajstić information content (AvgIpc) is 3.14. The summed E-state index contributed by atoms with van der Waals surface area (Å²) in [5.41, 5.74) is 0.478. The van der Waals surface area contributed by atoms with E-state index in [4.69, 9.17) is 16.0 Å². The molecule has 2 aromatic rings. The van der Waals surface area contributed by atoms with E-state index in [0.717, 1.165) is 0 Å². The molecule has 0 aliphatic heterocycles. The van der Waals surface area contributed by atoms with E-state index >= 15 is 0 Å². The lowest BCUT2D eigenvalue weighted by atomic mass is 10.0. The number of hydrogen-bond acceptors (Lipinski definition) is 4. The molecular formula is C19H19ClN2O5. The minimum Gasteiger partial charge on any atom is -0.480 e. The van der Waals surface area contributed by atoms with Crippen molar-refractivity contribution in [3.8, 4) is 0 Å². The van der Waals surface area contributed by atoms with Crippen molar-refractivity contribution < 1.29 is 23.9 Å². The zero-order chi connectivity index (χ0) is 20.0. The van der Waals surface area contributed by atoms with E-state index in [1.807, 2.05) is 0 Å². The van der Waals surface area contributed by atoms with Gasteiger partial charge in [-0.1, -0.05) is 37.6 Å². The first-order valence-corrected chi connectivity index (χ1v) is 8.51. The molecule has 1 atom stereocenters. The number of amides is 2. The van der Waals surface area contributed by atoms with Gasteiger partial charge in [-0.15, -0.1) is 0 Å². The molecule has 1 aromatic heterocycles. The number of halogens is 1. The summed E-state index contributed by atoms with van der Waals surface area (Å²) >= 11 is 5.85. The van der Waals surface area contributed by atoms with E-state index in [1.54, 1.807) is 38.1 Å². The first kappa shape index (κ1) is 20.3. The molecule has 0 radical (unpaired) electrons. The molecule has 0 unspecified atom stereocenters. The minimum atomic E-state index is -1.17. The van der Waals surface area contributed by atoms with Crippen LogP contribution in [0.3, 0.4) is 0 Å². The largest absolute Gasteiger partial charge is 0.480 e. The molecule has 0 saturated carbocycles. The fourth-order valence-corrected chi connectivity index (χ4v) is 2.33. The van der Waals surface area contributed by atoms with Crippen molar-refractivity contribution in [2.75, 3.05) is 0 Å². The van der Waals surface area contributed by atoms with Crippen molar-refractivity contribution in [3.05, 3.63) is 64.7 Å². The lowest BCUT2D eigenvalue weighted by Crippen LogP contribution is -2.47. The highest BCUT2D eigenvalue weighted by Crippen LogP contribution is 2.13. The maximum atomic E-state index is 12.6. The van der Waals surface area contributed by atoms with Crippen LogP contribution in [-0.2, 0) is 9.59 Å². The zero-order valence-corrected chi connectivity index (χ0v) is 15.5. The molecule has 0 saturated heterocycles. The Balaban J connectivity index is 2.30. The highest BCUT2D eigenvalue weighted by atomic mass is 35.5. The Hall–Kier alpha value is -3.06. The molecule has 0 aliphatic rings. The fraction of sp³-hybridized carbons (Fsp3) is 0.211. The number of carbonyl (C=O) groups excluding carboxylic acids is 2. The van der Waals surface area contributed by atoms with E-state index in [-0.39, 0.29) is 17.4 Å². The van der Waals surface area contributed by atoms with Crippen molar-refractivity contribution in [3.63, 3.8) is 0 Å². The van der Waals surface area contributed by atoms with Gasteiger partial charge in [0.2, 0.25) is 0 Å². The molecule has 0 bridgehead atoms. The van der Waals surface area contributed by atoms with Gasteiger partial charge in [0.25, 0.3) is 11.8 Å². The molecule has 3 N–H and O–H groups in total. The minimum absolute atomic E-state index is 0.0171. The smallest absolute Gasteiger partial charge is 0.326 e. The van der Waals surface area contributed by atoms with Crippen molar-refractivity contribution in [1.82, 2.24) is 10.6 Å². The van der Waals surface area contributed by atoms with Crippen LogP contribution in [0.1, 0.15) is 30.0 Å². The number of rotatable bonds is 7. The Bertz CT molecular complexity index is 841. The normalized spacial score (nSPS) is 12.5. The van der Waals surface area contributed by atoms with E-state index in [9.17, 15) is 19.5 Å². The second-order valence-electron chi connectivity index (χ2n) is 6.07. The molecule has 27 heavy (non-hydrogen) atoms. The summed E-state index contributed by atoms with van der Waals surface area (Å²) in [5.74, 6) is -2.85. The van der Waals surface area contributed by atoms with Crippen LogP contribution in [0.5, 0.6) is 0 Å². The SMILES string of the molecule is CC(C)[C@H](NC(=O)/C(=C\c1ccc(Cl)cc1)NC(=O)c1ccco1)C(=O)O. The van der Waals surface area contributed by atoms with Crippen LogP contribution in [0.2, 0.25) is 5.02 Å². The maximum Gasteiger partial charge on any atom is 0.326 e. The van der Waals surface area contributed by atoms with Gasteiger partial charge in [0.1, 0.15) is 11.7 Å². The van der Waals surface area contributed by atoms with Crippen molar-refractivity contribution in [2.45, 2.75) is 19.9 Å². The molecule has 2 rings (SSSR count). The molecule has 7 nitrogen and oxygen atoms in total. The van der Waals surface area contributed by atoms with Crippen LogP contribution in [0.4, 0.5) is 0 Å². The highest BCUT2D eigenvalue weighted by Gasteiger charge is 2.26. The van der Waals surface area contributed by atoms with Gasteiger partial charge in [0, 0.05) is 5.02 Å². The van der Waals surface area contributed by atoms with Gasteiger partial charge >= 0.3 is 5.97 Å². The summed E-state index contributed by atoms with van der Waals surface area (Å²) in [7, 11) is 0. The van der Waals surface area contributed by atoms with Crippen molar-refractivity contribution >= 4 is 35.5 Å². The molecular weight excluding hydrogens is 372 g/mol. The van der Waals surface area contributed by atoms with E-state index in [2.05, 4.69) is 10.6 Å².